The van der Waals surface area contributed by atoms with E-state index in [9.17, 15) is 18.0 Å². The van der Waals surface area contributed by atoms with Crippen molar-refractivity contribution in [1.82, 2.24) is 5.32 Å². The van der Waals surface area contributed by atoms with Gasteiger partial charge < -0.3 is 14.8 Å². The third-order valence-corrected chi connectivity index (χ3v) is 3.60. The van der Waals surface area contributed by atoms with Crippen LogP contribution < -0.4 is 14.8 Å². The lowest BCUT2D eigenvalue weighted by Crippen LogP contribution is -2.23. The Morgan fingerprint density at radius 3 is 2.32 bits per heavy atom. The molecular formula is C18H18F3NO3. The van der Waals surface area contributed by atoms with E-state index in [2.05, 4.69) is 10.1 Å². The molecule has 0 saturated carbocycles. The lowest BCUT2D eigenvalue weighted by atomic mass is 10.0. The first-order valence-electron chi connectivity index (χ1n) is 7.48. The number of nitrogens with one attached hydrogen (secondary N) is 1. The van der Waals surface area contributed by atoms with E-state index in [0.717, 1.165) is 0 Å². The van der Waals surface area contributed by atoms with Crippen LogP contribution in [0.4, 0.5) is 13.2 Å². The number of rotatable bonds is 6. The number of halogens is 3. The van der Waals surface area contributed by atoms with E-state index >= 15 is 0 Å². The summed E-state index contributed by atoms with van der Waals surface area (Å²) in [6, 6.07) is 7.32. The lowest BCUT2D eigenvalue weighted by Gasteiger charge is -2.13. The number of aryl methyl sites for hydroxylation is 2. The first kappa shape index (κ1) is 18.6. The molecule has 0 aliphatic carbocycles. The fourth-order valence-corrected chi connectivity index (χ4v) is 2.46. The molecule has 0 aromatic heterocycles. The fourth-order valence-electron chi connectivity index (χ4n) is 2.46. The largest absolute Gasteiger partial charge is 0.494 e. The Kier molecular flexibility index (Phi) is 5.90. The quantitative estimate of drug-likeness (QED) is 0.854. The van der Waals surface area contributed by atoms with Gasteiger partial charge >= 0.3 is 6.61 Å². The summed E-state index contributed by atoms with van der Waals surface area (Å²) in [5.41, 5.74) is 1.74. The first-order chi connectivity index (χ1) is 11.8. The maximum absolute atomic E-state index is 13.6. The Bertz CT molecular complexity index is 755. The molecule has 2 aromatic carbocycles. The average Bonchev–Trinajstić information content (AvgIpc) is 2.55. The van der Waals surface area contributed by atoms with E-state index < -0.39 is 18.3 Å². The number of hydrogen-bond acceptors (Lipinski definition) is 3. The van der Waals surface area contributed by atoms with Crippen molar-refractivity contribution in [2.75, 3.05) is 7.11 Å². The molecule has 1 amide bonds. The second-order valence-corrected chi connectivity index (χ2v) is 5.47. The van der Waals surface area contributed by atoms with Crippen molar-refractivity contribution in [2.45, 2.75) is 27.0 Å². The zero-order valence-corrected chi connectivity index (χ0v) is 14.0. The summed E-state index contributed by atoms with van der Waals surface area (Å²) in [6.07, 6.45) is 0. The van der Waals surface area contributed by atoms with Crippen molar-refractivity contribution < 1.29 is 27.4 Å². The third kappa shape index (κ3) is 4.65. The molecule has 0 atom stereocenters. The van der Waals surface area contributed by atoms with E-state index in [4.69, 9.17) is 4.74 Å². The van der Waals surface area contributed by atoms with E-state index in [-0.39, 0.29) is 18.0 Å². The number of methoxy groups -OCH3 is 1. The molecule has 2 aromatic rings. The van der Waals surface area contributed by atoms with Crippen LogP contribution in [0.5, 0.6) is 11.5 Å². The van der Waals surface area contributed by atoms with Gasteiger partial charge in [-0.15, -0.1) is 0 Å². The fraction of sp³-hybridized carbons (Fsp3) is 0.278. The van der Waals surface area contributed by atoms with Crippen LogP contribution in [-0.2, 0) is 6.54 Å². The minimum Gasteiger partial charge on any atom is -0.494 e. The van der Waals surface area contributed by atoms with Gasteiger partial charge in [-0.2, -0.15) is 8.78 Å². The molecular weight excluding hydrogens is 335 g/mol. The minimum absolute atomic E-state index is 0.0591. The molecule has 0 radical (unpaired) electrons. The summed E-state index contributed by atoms with van der Waals surface area (Å²) in [5, 5.41) is 2.66. The molecule has 7 heteroatoms. The van der Waals surface area contributed by atoms with Crippen LogP contribution in [0.25, 0.3) is 0 Å². The first-order valence-corrected chi connectivity index (χ1v) is 7.48. The van der Waals surface area contributed by atoms with E-state index in [0.29, 0.717) is 22.3 Å². The van der Waals surface area contributed by atoms with Gasteiger partial charge in [0, 0.05) is 12.1 Å². The Morgan fingerprint density at radius 1 is 1.16 bits per heavy atom. The summed E-state index contributed by atoms with van der Waals surface area (Å²) in [6.45, 7) is 0.357. The van der Waals surface area contributed by atoms with Gasteiger partial charge in [-0.3, -0.25) is 4.79 Å². The molecule has 0 spiro atoms. The molecule has 1 N–H and O–H groups in total. The number of ether oxygens (including phenoxy) is 2. The van der Waals surface area contributed by atoms with Gasteiger partial charge in [-0.25, -0.2) is 4.39 Å². The normalized spacial score (nSPS) is 10.7. The molecule has 0 aliphatic heterocycles. The van der Waals surface area contributed by atoms with Gasteiger partial charge in [-0.1, -0.05) is 6.07 Å². The zero-order valence-electron chi connectivity index (χ0n) is 14.0. The van der Waals surface area contributed by atoms with Gasteiger partial charge in [0.1, 0.15) is 5.75 Å². The second-order valence-electron chi connectivity index (χ2n) is 5.47. The highest BCUT2D eigenvalue weighted by molar-refractivity contribution is 5.94. The highest BCUT2D eigenvalue weighted by atomic mass is 19.3. The molecule has 2 rings (SSSR count). The summed E-state index contributed by atoms with van der Waals surface area (Å²) >= 11 is 0. The van der Waals surface area contributed by atoms with E-state index in [1.54, 1.807) is 19.9 Å². The summed E-state index contributed by atoms with van der Waals surface area (Å²) in [4.78, 5) is 12.2. The van der Waals surface area contributed by atoms with E-state index in [1.165, 1.54) is 31.4 Å². The SMILES string of the molecule is COc1ccc(CNC(=O)c2cc(C)c(OC(F)F)c(C)c2)cc1F. The molecule has 0 unspecified atom stereocenters. The van der Waals surface area contributed by atoms with Crippen molar-refractivity contribution in [3.05, 3.63) is 58.4 Å². The van der Waals surface area contributed by atoms with Gasteiger partial charge in [0.25, 0.3) is 5.91 Å². The van der Waals surface area contributed by atoms with Crippen molar-refractivity contribution >= 4 is 5.91 Å². The predicted molar refractivity (Wildman–Crippen MR) is 86.7 cm³/mol. The highest BCUT2D eigenvalue weighted by Gasteiger charge is 2.15. The van der Waals surface area contributed by atoms with Crippen LogP contribution in [0.3, 0.4) is 0 Å². The van der Waals surface area contributed by atoms with Gasteiger partial charge in [-0.05, 0) is 54.8 Å². The maximum Gasteiger partial charge on any atom is 0.387 e. The summed E-state index contributed by atoms with van der Waals surface area (Å²) < 4.78 is 47.7. The van der Waals surface area contributed by atoms with Crippen LogP contribution >= 0.6 is 0 Å². The van der Waals surface area contributed by atoms with Crippen LogP contribution in [0.2, 0.25) is 0 Å². The van der Waals surface area contributed by atoms with Crippen molar-refractivity contribution in [1.29, 1.82) is 0 Å². The number of carbonyl (C=O) groups excluding carboxylic acids is 1. The van der Waals surface area contributed by atoms with Gasteiger partial charge in [0.15, 0.2) is 11.6 Å². The summed E-state index contributed by atoms with van der Waals surface area (Å²) in [7, 11) is 1.37. The lowest BCUT2D eigenvalue weighted by molar-refractivity contribution is -0.0507. The number of hydrogen-bond donors (Lipinski definition) is 1. The topological polar surface area (TPSA) is 47.6 Å². The molecule has 0 bridgehead atoms. The zero-order chi connectivity index (χ0) is 18.6. The molecule has 4 nitrogen and oxygen atoms in total. The minimum atomic E-state index is -2.93. The number of alkyl halides is 2. The number of amides is 1. The van der Waals surface area contributed by atoms with Crippen LogP contribution in [-0.4, -0.2) is 19.6 Å². The van der Waals surface area contributed by atoms with E-state index in [1.807, 2.05) is 0 Å². The molecule has 0 fully saturated rings. The Morgan fingerprint density at radius 2 is 1.80 bits per heavy atom. The third-order valence-electron chi connectivity index (χ3n) is 3.60. The Labute approximate surface area is 143 Å². The smallest absolute Gasteiger partial charge is 0.387 e. The maximum atomic E-state index is 13.6. The van der Waals surface area contributed by atoms with Crippen molar-refractivity contribution in [2.24, 2.45) is 0 Å². The second kappa shape index (κ2) is 7.92. The molecule has 25 heavy (non-hydrogen) atoms. The summed E-state index contributed by atoms with van der Waals surface area (Å²) in [5.74, 6) is -0.736. The van der Waals surface area contributed by atoms with Gasteiger partial charge in [0.05, 0.1) is 7.11 Å². The monoisotopic (exact) mass is 353 g/mol. The van der Waals surface area contributed by atoms with Crippen LogP contribution in [0, 0.1) is 19.7 Å². The van der Waals surface area contributed by atoms with Crippen molar-refractivity contribution in [3.8, 4) is 11.5 Å². The molecule has 134 valence electrons. The van der Waals surface area contributed by atoms with Crippen molar-refractivity contribution in [3.63, 3.8) is 0 Å². The van der Waals surface area contributed by atoms with Crippen LogP contribution in [0.15, 0.2) is 30.3 Å². The average molecular weight is 353 g/mol. The van der Waals surface area contributed by atoms with Crippen LogP contribution in [0.1, 0.15) is 27.0 Å². The molecule has 0 saturated heterocycles. The van der Waals surface area contributed by atoms with Gasteiger partial charge in [0.2, 0.25) is 0 Å². The number of carbonyl (C=O) groups is 1. The Hall–Kier alpha value is -2.70. The molecule has 0 aliphatic rings. The highest BCUT2D eigenvalue weighted by Crippen LogP contribution is 2.26. The molecule has 0 heterocycles. The Balaban J connectivity index is 2.09. The standard InChI is InChI=1S/C18H18F3NO3/c1-10-6-13(7-11(2)16(10)25-18(20)21)17(23)22-9-12-4-5-15(24-3)14(19)8-12/h4-8,18H,9H2,1-3H3,(H,22,23). The number of benzene rings is 2. The predicted octanol–water partition coefficient (Wildman–Crippen LogP) is 3.98.